The van der Waals surface area contributed by atoms with Crippen molar-refractivity contribution in [2.24, 2.45) is 11.8 Å². The van der Waals surface area contributed by atoms with Crippen LogP contribution in [0.4, 0.5) is 4.39 Å². The van der Waals surface area contributed by atoms with Gasteiger partial charge in [-0.25, -0.2) is 9.18 Å². The van der Waals surface area contributed by atoms with Crippen LogP contribution in [0.15, 0.2) is 54.6 Å². The Bertz CT molecular complexity index is 1130. The number of Topliss-reactive ketones (excluding diaryl/α,β-unsaturated/α-hetero) is 1. The molecular weight excluding hydrogens is 485 g/mol. The maximum absolute atomic E-state index is 14.0. The summed E-state index contributed by atoms with van der Waals surface area (Å²) in [5.74, 6) is -3.07. The largest absolute Gasteiger partial charge is 0.467 e. The Labute approximate surface area is 214 Å². The van der Waals surface area contributed by atoms with E-state index in [2.05, 4.69) is 5.32 Å². The van der Waals surface area contributed by atoms with Crippen molar-refractivity contribution >= 4 is 41.1 Å². The fourth-order valence-electron chi connectivity index (χ4n) is 4.35. The molecule has 1 aliphatic carbocycles. The van der Waals surface area contributed by atoms with E-state index in [4.69, 9.17) is 16.3 Å². The van der Waals surface area contributed by atoms with Gasteiger partial charge in [-0.05, 0) is 55.5 Å². The van der Waals surface area contributed by atoms with Crippen LogP contribution >= 0.6 is 11.6 Å². The van der Waals surface area contributed by atoms with Crippen molar-refractivity contribution in [2.75, 3.05) is 7.11 Å². The van der Waals surface area contributed by atoms with E-state index in [1.165, 1.54) is 31.4 Å². The third kappa shape index (κ3) is 7.85. The Morgan fingerprint density at radius 2 is 1.94 bits per heavy atom. The summed E-state index contributed by atoms with van der Waals surface area (Å²) in [6.07, 6.45) is 4.75. The van der Waals surface area contributed by atoms with Gasteiger partial charge in [-0.3, -0.25) is 14.4 Å². The highest BCUT2D eigenvalue weighted by atomic mass is 35.5. The molecule has 190 valence electrons. The molecule has 0 spiro atoms. The van der Waals surface area contributed by atoms with Gasteiger partial charge in [0.2, 0.25) is 5.91 Å². The Hall–Kier alpha value is -3.32. The first-order chi connectivity index (χ1) is 17.3. The monoisotopic (exact) mass is 513 g/mol. The number of nitrogens with one attached hydrogen (secondary N) is 1. The molecule has 2 aromatic carbocycles. The summed E-state index contributed by atoms with van der Waals surface area (Å²) in [5, 5.41) is 2.96. The quantitative estimate of drug-likeness (QED) is 0.346. The first-order valence-corrected chi connectivity index (χ1v) is 12.3. The molecule has 1 fully saturated rings. The van der Waals surface area contributed by atoms with E-state index in [0.29, 0.717) is 12.8 Å². The van der Waals surface area contributed by atoms with Gasteiger partial charge >= 0.3 is 5.97 Å². The lowest BCUT2D eigenvalue weighted by Gasteiger charge is -2.22. The number of ketones is 2. The maximum Gasteiger partial charge on any atom is 0.328 e. The molecule has 0 aromatic heterocycles. The van der Waals surface area contributed by atoms with Crippen molar-refractivity contribution in [2.45, 2.75) is 44.6 Å². The Kier molecular flexibility index (Phi) is 9.94. The molecule has 0 bridgehead atoms. The van der Waals surface area contributed by atoms with Gasteiger partial charge in [-0.15, -0.1) is 0 Å². The van der Waals surface area contributed by atoms with Gasteiger partial charge in [0.15, 0.2) is 5.78 Å². The summed E-state index contributed by atoms with van der Waals surface area (Å²) in [6.45, 7) is 0. The molecule has 1 N–H and O–H groups in total. The molecule has 0 saturated heterocycles. The van der Waals surface area contributed by atoms with Gasteiger partial charge in [-0.1, -0.05) is 48.0 Å². The average molecular weight is 514 g/mol. The van der Waals surface area contributed by atoms with Crippen LogP contribution in [-0.2, 0) is 30.3 Å². The normalized spacial score (nSPS) is 17.1. The zero-order valence-electron chi connectivity index (χ0n) is 20.0. The number of halogens is 2. The number of carbonyl (C=O) groups is 4. The summed E-state index contributed by atoms with van der Waals surface area (Å²) >= 11 is 5.77. The minimum absolute atomic E-state index is 0.0775. The number of benzene rings is 2. The molecule has 1 amide bonds. The van der Waals surface area contributed by atoms with Crippen LogP contribution in [-0.4, -0.2) is 36.6 Å². The van der Waals surface area contributed by atoms with E-state index in [1.54, 1.807) is 0 Å². The van der Waals surface area contributed by atoms with Crippen molar-refractivity contribution in [3.8, 4) is 0 Å². The van der Waals surface area contributed by atoms with Crippen molar-refractivity contribution in [3.63, 3.8) is 0 Å². The summed E-state index contributed by atoms with van der Waals surface area (Å²) < 4.78 is 18.9. The first kappa shape index (κ1) is 27.3. The third-order valence-electron chi connectivity index (χ3n) is 6.31. The summed E-state index contributed by atoms with van der Waals surface area (Å²) in [5.41, 5.74) is 1.04. The lowest BCUT2D eigenvalue weighted by molar-refractivity contribution is -0.146. The van der Waals surface area contributed by atoms with Crippen LogP contribution in [0.3, 0.4) is 0 Å². The fourth-order valence-corrected chi connectivity index (χ4v) is 4.51. The molecule has 36 heavy (non-hydrogen) atoms. The molecule has 0 radical (unpaired) electrons. The van der Waals surface area contributed by atoms with Gasteiger partial charge in [-0.2, -0.15) is 0 Å². The molecule has 0 heterocycles. The summed E-state index contributed by atoms with van der Waals surface area (Å²) in [7, 11) is 1.23. The van der Waals surface area contributed by atoms with Crippen LogP contribution in [0.25, 0.3) is 6.08 Å². The van der Waals surface area contributed by atoms with Gasteiger partial charge in [0, 0.05) is 35.3 Å². The molecular formula is C28H29ClFNO5. The number of ether oxygens (including phenoxy) is 1. The van der Waals surface area contributed by atoms with Crippen LogP contribution in [0, 0.1) is 17.7 Å². The summed E-state index contributed by atoms with van der Waals surface area (Å²) in [6, 6.07) is 12.3. The number of esters is 1. The van der Waals surface area contributed by atoms with Crippen molar-refractivity contribution in [1.82, 2.24) is 5.32 Å². The standard InChI is InChI=1S/C28H29ClFNO5/c1-36-28(35)25(16-20-8-5-9-26(20)33)31-27(34)21(14-18-6-3-2-4-7-18)15-23(32)13-11-19-10-12-22(29)17-24(19)30/h2-4,6-7,10-13,17,20-21,25H,5,8-9,14-16H2,1H3,(H,31,34)/b13-11+/t20-,21+,25-/m0/s1. The third-order valence-corrected chi connectivity index (χ3v) is 6.54. The van der Waals surface area contributed by atoms with Gasteiger partial charge in [0.1, 0.15) is 17.6 Å². The van der Waals surface area contributed by atoms with Crippen LogP contribution < -0.4 is 5.32 Å². The van der Waals surface area contributed by atoms with Crippen molar-refractivity contribution in [1.29, 1.82) is 0 Å². The number of amides is 1. The molecule has 0 unspecified atom stereocenters. The van der Waals surface area contributed by atoms with E-state index >= 15 is 0 Å². The van der Waals surface area contributed by atoms with Crippen LogP contribution in [0.2, 0.25) is 5.02 Å². The highest BCUT2D eigenvalue weighted by Gasteiger charge is 2.33. The van der Waals surface area contributed by atoms with E-state index < -0.39 is 29.7 Å². The van der Waals surface area contributed by atoms with Crippen LogP contribution in [0.1, 0.15) is 43.2 Å². The molecule has 3 rings (SSSR count). The van der Waals surface area contributed by atoms with Gasteiger partial charge in [0.25, 0.3) is 0 Å². The Morgan fingerprint density at radius 3 is 2.58 bits per heavy atom. The lowest BCUT2D eigenvalue weighted by Crippen LogP contribution is -2.46. The average Bonchev–Trinajstić information content (AvgIpc) is 3.26. The number of rotatable bonds is 11. The zero-order chi connectivity index (χ0) is 26.1. The molecule has 6 nitrogen and oxygen atoms in total. The van der Waals surface area contributed by atoms with Crippen molar-refractivity contribution in [3.05, 3.63) is 76.6 Å². The second-order valence-corrected chi connectivity index (χ2v) is 9.37. The lowest BCUT2D eigenvalue weighted by atomic mass is 9.91. The molecule has 0 aliphatic heterocycles. The van der Waals surface area contributed by atoms with Gasteiger partial charge in [0.05, 0.1) is 7.11 Å². The van der Waals surface area contributed by atoms with E-state index in [9.17, 15) is 23.6 Å². The molecule has 1 saturated carbocycles. The number of methoxy groups -OCH3 is 1. The smallest absolute Gasteiger partial charge is 0.328 e. The molecule has 8 heteroatoms. The minimum Gasteiger partial charge on any atom is -0.467 e. The summed E-state index contributed by atoms with van der Waals surface area (Å²) in [4.78, 5) is 50.5. The Balaban J connectivity index is 1.75. The highest BCUT2D eigenvalue weighted by molar-refractivity contribution is 6.30. The molecule has 3 atom stereocenters. The van der Waals surface area contributed by atoms with Crippen molar-refractivity contribution < 1.29 is 28.3 Å². The second-order valence-electron chi connectivity index (χ2n) is 8.93. The molecule has 1 aliphatic rings. The topological polar surface area (TPSA) is 89.5 Å². The first-order valence-electron chi connectivity index (χ1n) is 11.9. The zero-order valence-corrected chi connectivity index (χ0v) is 20.8. The molecule has 2 aromatic rings. The predicted octanol–water partition coefficient (Wildman–Crippen LogP) is 4.73. The highest BCUT2D eigenvalue weighted by Crippen LogP contribution is 2.26. The number of hydrogen-bond donors (Lipinski definition) is 1. The number of carbonyl (C=O) groups excluding carboxylic acids is 4. The van der Waals surface area contributed by atoms with E-state index in [0.717, 1.165) is 18.1 Å². The van der Waals surface area contributed by atoms with E-state index in [-0.39, 0.29) is 47.3 Å². The SMILES string of the molecule is COC(=O)[C@H](C[C@@H]1CCCC1=O)NC(=O)[C@@H](CC(=O)/C=C/c1ccc(Cl)cc1F)Cc1ccccc1. The van der Waals surface area contributed by atoms with E-state index in [1.807, 2.05) is 30.3 Å². The predicted molar refractivity (Wildman–Crippen MR) is 135 cm³/mol. The Morgan fingerprint density at radius 1 is 1.19 bits per heavy atom. The number of allylic oxidation sites excluding steroid dienone is 1. The number of hydrogen-bond acceptors (Lipinski definition) is 5. The van der Waals surface area contributed by atoms with Gasteiger partial charge < -0.3 is 10.1 Å². The minimum atomic E-state index is -0.985. The second kappa shape index (κ2) is 13.1. The van der Waals surface area contributed by atoms with Crippen LogP contribution in [0.5, 0.6) is 0 Å². The maximum atomic E-state index is 14.0. The fraction of sp³-hybridized carbons (Fsp3) is 0.357.